The van der Waals surface area contributed by atoms with Gasteiger partial charge in [0, 0.05) is 74.3 Å². The van der Waals surface area contributed by atoms with Crippen molar-refractivity contribution in [2.45, 2.75) is 13.0 Å². The molecular formula is C30H40N8O. The highest BCUT2D eigenvalue weighted by molar-refractivity contribution is 5.83. The van der Waals surface area contributed by atoms with Gasteiger partial charge in [-0.15, -0.1) is 0 Å². The lowest BCUT2D eigenvalue weighted by atomic mass is 10.1. The van der Waals surface area contributed by atoms with Crippen molar-refractivity contribution >= 4 is 16.7 Å². The molecule has 1 aliphatic rings. The van der Waals surface area contributed by atoms with Gasteiger partial charge in [0.1, 0.15) is 5.65 Å². The standard InChI is InChI=1S/C30H40N8O/c1-35(2)13-14-36-15-17-37(18-16-36)27-6-3-5-24(19-27)28-20-25-22-38(30(39)34-29(25)33-28)26-9-7-23(8-10-26)21-32-12-4-11-31/h3,5-10,19-20,22,32H,4,11-18,21,31H2,1-2H3,(H,33,34,39). The van der Waals surface area contributed by atoms with Gasteiger partial charge in [0.15, 0.2) is 0 Å². The molecule has 0 aliphatic carbocycles. The number of nitrogens with one attached hydrogen (secondary N) is 2. The molecule has 4 aromatic rings. The number of piperazine rings is 1. The molecule has 5 rings (SSSR count). The number of hydrogen-bond donors (Lipinski definition) is 3. The molecule has 0 spiro atoms. The molecule has 0 unspecified atom stereocenters. The molecule has 4 N–H and O–H groups in total. The Labute approximate surface area is 230 Å². The molecule has 2 aromatic carbocycles. The number of benzene rings is 2. The largest absolute Gasteiger partial charge is 0.369 e. The molecule has 0 radical (unpaired) electrons. The molecular weight excluding hydrogens is 488 g/mol. The Morgan fingerprint density at radius 3 is 2.56 bits per heavy atom. The lowest BCUT2D eigenvalue weighted by Gasteiger charge is -2.36. The van der Waals surface area contributed by atoms with Gasteiger partial charge in [0.25, 0.3) is 0 Å². The first-order valence-electron chi connectivity index (χ1n) is 13.8. The van der Waals surface area contributed by atoms with Crippen molar-refractivity contribution in [2.75, 3.05) is 71.4 Å². The van der Waals surface area contributed by atoms with Crippen molar-refractivity contribution in [2.24, 2.45) is 5.73 Å². The Hall–Kier alpha value is -3.50. The van der Waals surface area contributed by atoms with E-state index in [9.17, 15) is 4.79 Å². The second-order valence-electron chi connectivity index (χ2n) is 10.5. The third-order valence-corrected chi connectivity index (χ3v) is 7.37. The van der Waals surface area contributed by atoms with Crippen LogP contribution in [0.15, 0.2) is 65.6 Å². The molecule has 1 fully saturated rings. The maximum atomic E-state index is 12.9. The first-order valence-corrected chi connectivity index (χ1v) is 13.8. The number of nitrogens with two attached hydrogens (primary N) is 1. The van der Waals surface area contributed by atoms with Gasteiger partial charge in [-0.25, -0.2) is 4.79 Å². The van der Waals surface area contributed by atoms with E-state index in [-0.39, 0.29) is 5.69 Å². The van der Waals surface area contributed by atoms with E-state index >= 15 is 0 Å². The molecule has 1 aliphatic heterocycles. The van der Waals surface area contributed by atoms with Crippen molar-refractivity contribution in [1.29, 1.82) is 0 Å². The lowest BCUT2D eigenvalue weighted by Crippen LogP contribution is -2.48. The summed E-state index contributed by atoms with van der Waals surface area (Å²) in [6.45, 7) is 8.75. The van der Waals surface area contributed by atoms with Gasteiger partial charge in [-0.3, -0.25) is 9.47 Å². The number of aromatic amines is 1. The molecule has 9 nitrogen and oxygen atoms in total. The average molecular weight is 529 g/mol. The number of likely N-dealkylation sites (N-methyl/N-ethyl adjacent to an activating group) is 1. The van der Waals surface area contributed by atoms with E-state index in [1.165, 1.54) is 5.69 Å². The minimum Gasteiger partial charge on any atom is -0.369 e. The monoisotopic (exact) mass is 528 g/mol. The van der Waals surface area contributed by atoms with Gasteiger partial charge >= 0.3 is 5.69 Å². The van der Waals surface area contributed by atoms with E-state index < -0.39 is 0 Å². The lowest BCUT2D eigenvalue weighted by molar-refractivity contribution is 0.229. The molecule has 206 valence electrons. The van der Waals surface area contributed by atoms with Gasteiger partial charge in [-0.05, 0) is 69.5 Å². The minimum atomic E-state index is -0.300. The van der Waals surface area contributed by atoms with Crippen molar-refractivity contribution in [1.82, 2.24) is 29.7 Å². The quantitative estimate of drug-likeness (QED) is 0.257. The summed E-state index contributed by atoms with van der Waals surface area (Å²) >= 11 is 0. The van der Waals surface area contributed by atoms with Gasteiger partial charge in [0.05, 0.1) is 5.69 Å². The van der Waals surface area contributed by atoms with Crippen LogP contribution in [0.5, 0.6) is 0 Å². The predicted octanol–water partition coefficient (Wildman–Crippen LogP) is 2.50. The molecule has 39 heavy (non-hydrogen) atoms. The van der Waals surface area contributed by atoms with E-state index in [4.69, 9.17) is 5.73 Å². The van der Waals surface area contributed by atoms with E-state index in [2.05, 4.69) is 74.4 Å². The smallest absolute Gasteiger partial charge is 0.354 e. The molecule has 0 bridgehead atoms. The molecule has 0 amide bonds. The van der Waals surface area contributed by atoms with Gasteiger partial charge in [-0.1, -0.05) is 24.3 Å². The Morgan fingerprint density at radius 1 is 1.03 bits per heavy atom. The number of rotatable bonds is 11. The van der Waals surface area contributed by atoms with Crippen LogP contribution in [0.4, 0.5) is 5.69 Å². The zero-order valence-corrected chi connectivity index (χ0v) is 23.1. The average Bonchev–Trinajstić information content (AvgIpc) is 3.37. The minimum absolute atomic E-state index is 0.300. The summed E-state index contributed by atoms with van der Waals surface area (Å²) in [5, 5.41) is 4.28. The van der Waals surface area contributed by atoms with E-state index in [0.29, 0.717) is 12.2 Å². The Balaban J connectivity index is 1.30. The number of aromatic nitrogens is 3. The number of H-pyrrole nitrogens is 1. The second kappa shape index (κ2) is 12.6. The summed E-state index contributed by atoms with van der Waals surface area (Å²) in [5.41, 5.74) is 11.1. The summed E-state index contributed by atoms with van der Waals surface area (Å²) in [6.07, 6.45) is 2.83. The van der Waals surface area contributed by atoms with Gasteiger partial charge in [-0.2, -0.15) is 4.98 Å². The van der Waals surface area contributed by atoms with Crippen molar-refractivity contribution < 1.29 is 0 Å². The SMILES string of the molecule is CN(C)CCN1CCN(c2cccc(-c3cc4cn(-c5ccc(CNCCCN)cc5)c(=O)nc4[nH]3)c2)CC1. The van der Waals surface area contributed by atoms with E-state index in [1.807, 2.05) is 30.5 Å². The summed E-state index contributed by atoms with van der Waals surface area (Å²) in [4.78, 5) is 27.8. The Morgan fingerprint density at radius 2 is 1.82 bits per heavy atom. The van der Waals surface area contributed by atoms with Crippen LogP contribution in [0.1, 0.15) is 12.0 Å². The predicted molar refractivity (Wildman–Crippen MR) is 160 cm³/mol. The van der Waals surface area contributed by atoms with Crippen molar-refractivity contribution in [3.63, 3.8) is 0 Å². The fourth-order valence-corrected chi connectivity index (χ4v) is 5.01. The normalized spacial score (nSPS) is 14.5. The molecule has 0 saturated carbocycles. The van der Waals surface area contributed by atoms with Crippen LogP contribution in [0.2, 0.25) is 0 Å². The zero-order chi connectivity index (χ0) is 27.2. The highest BCUT2D eigenvalue weighted by Gasteiger charge is 2.18. The first-order chi connectivity index (χ1) is 19.0. The first kappa shape index (κ1) is 27.1. The molecule has 3 heterocycles. The van der Waals surface area contributed by atoms with Crippen LogP contribution in [0, 0.1) is 0 Å². The van der Waals surface area contributed by atoms with E-state index in [0.717, 1.165) is 86.7 Å². The highest BCUT2D eigenvalue weighted by atomic mass is 16.1. The van der Waals surface area contributed by atoms with Crippen molar-refractivity contribution in [3.8, 4) is 16.9 Å². The third-order valence-electron chi connectivity index (χ3n) is 7.37. The summed E-state index contributed by atoms with van der Waals surface area (Å²) in [7, 11) is 4.25. The van der Waals surface area contributed by atoms with Gasteiger partial charge in [0.2, 0.25) is 0 Å². The highest BCUT2D eigenvalue weighted by Crippen LogP contribution is 2.27. The van der Waals surface area contributed by atoms with Crippen LogP contribution in [0.3, 0.4) is 0 Å². The molecule has 9 heteroatoms. The van der Waals surface area contributed by atoms with Crippen molar-refractivity contribution in [3.05, 3.63) is 76.8 Å². The summed E-state index contributed by atoms with van der Waals surface area (Å²) in [6, 6.07) is 18.7. The van der Waals surface area contributed by atoms with E-state index in [1.54, 1.807) is 4.57 Å². The fraction of sp³-hybridized carbons (Fsp3) is 0.400. The van der Waals surface area contributed by atoms with Crippen LogP contribution >= 0.6 is 0 Å². The number of nitrogens with zero attached hydrogens (tertiary/aromatic N) is 5. The fourth-order valence-electron chi connectivity index (χ4n) is 5.01. The van der Waals surface area contributed by atoms with Crippen LogP contribution in [0.25, 0.3) is 28.0 Å². The summed E-state index contributed by atoms with van der Waals surface area (Å²) in [5.74, 6) is 0. The molecule has 2 aromatic heterocycles. The third kappa shape index (κ3) is 6.75. The maximum Gasteiger partial charge on any atom is 0.354 e. The van der Waals surface area contributed by atoms with Gasteiger partial charge < -0.3 is 25.8 Å². The van der Waals surface area contributed by atoms with Crippen LogP contribution in [-0.4, -0.2) is 90.8 Å². The summed E-state index contributed by atoms with van der Waals surface area (Å²) < 4.78 is 1.61. The number of anilines is 1. The number of fused-ring (bicyclic) bond motifs is 1. The Bertz CT molecular complexity index is 1420. The second-order valence-corrected chi connectivity index (χ2v) is 10.5. The Kier molecular flexibility index (Phi) is 8.73. The molecule has 0 atom stereocenters. The number of hydrogen-bond acceptors (Lipinski definition) is 7. The topological polar surface area (TPSA) is 98.5 Å². The maximum absolute atomic E-state index is 12.9. The zero-order valence-electron chi connectivity index (χ0n) is 23.1. The van der Waals surface area contributed by atoms with Crippen LogP contribution in [-0.2, 0) is 6.54 Å². The van der Waals surface area contributed by atoms with Crippen LogP contribution < -0.4 is 21.6 Å². The molecule has 1 saturated heterocycles.